The lowest BCUT2D eigenvalue weighted by molar-refractivity contribution is -0.139. The van der Waals surface area contributed by atoms with Crippen molar-refractivity contribution in [3.05, 3.63) is 28.8 Å². The molecule has 0 aromatic carbocycles. The van der Waals surface area contributed by atoms with Gasteiger partial charge in [0.05, 0.1) is 18.9 Å². The average molecular weight is 247 g/mol. The van der Waals surface area contributed by atoms with Crippen LogP contribution in [0.2, 0.25) is 5.15 Å². The van der Waals surface area contributed by atoms with Gasteiger partial charge in [-0.05, 0) is 6.07 Å². The summed E-state index contributed by atoms with van der Waals surface area (Å²) in [6.07, 6.45) is 0.888. The van der Waals surface area contributed by atoms with Crippen molar-refractivity contribution in [2.24, 2.45) is 0 Å². The number of methoxy groups -OCH3 is 1. The molecule has 0 aliphatic carbocycles. The zero-order valence-corrected chi connectivity index (χ0v) is 9.05. The Kier molecular flexibility index (Phi) is 4.19. The fourth-order valence-corrected chi connectivity index (χ4v) is 1.09. The van der Waals surface area contributed by atoms with Crippen molar-refractivity contribution in [1.29, 1.82) is 0 Å². The third kappa shape index (κ3) is 3.16. The van der Waals surface area contributed by atoms with Crippen LogP contribution in [0.25, 0.3) is 0 Å². The van der Waals surface area contributed by atoms with Crippen molar-refractivity contribution < 1.29 is 18.7 Å². The van der Waals surface area contributed by atoms with E-state index in [0.29, 0.717) is 0 Å². The highest BCUT2D eigenvalue weighted by Gasteiger charge is 2.13. The number of nitrogens with one attached hydrogen (secondary N) is 1. The minimum absolute atomic E-state index is 0.134. The van der Waals surface area contributed by atoms with Crippen LogP contribution in [0.3, 0.4) is 0 Å². The summed E-state index contributed by atoms with van der Waals surface area (Å²) < 4.78 is 17.1. The fourth-order valence-electron chi connectivity index (χ4n) is 0.902. The van der Waals surface area contributed by atoms with Crippen molar-refractivity contribution >= 4 is 23.5 Å². The molecule has 0 saturated heterocycles. The number of ether oxygens (including phenoxy) is 1. The Morgan fingerprint density at radius 1 is 1.62 bits per heavy atom. The van der Waals surface area contributed by atoms with Crippen LogP contribution in [0.5, 0.6) is 0 Å². The highest BCUT2D eigenvalue weighted by atomic mass is 35.5. The highest BCUT2D eigenvalue weighted by molar-refractivity contribution is 6.32. The normalized spacial score (nSPS) is 9.69. The number of carbonyl (C=O) groups is 2. The highest BCUT2D eigenvalue weighted by Crippen LogP contribution is 2.13. The summed E-state index contributed by atoms with van der Waals surface area (Å²) in [5, 5.41) is 2.08. The third-order valence-corrected chi connectivity index (χ3v) is 1.97. The Labute approximate surface area is 95.6 Å². The Morgan fingerprint density at radius 2 is 2.31 bits per heavy atom. The molecule has 0 bridgehead atoms. The van der Waals surface area contributed by atoms with Gasteiger partial charge in [-0.25, -0.2) is 9.37 Å². The number of amides is 1. The predicted octanol–water partition coefficient (Wildman–Crippen LogP) is 0.777. The van der Waals surface area contributed by atoms with Gasteiger partial charge in [0.2, 0.25) is 0 Å². The molecule has 0 fully saturated rings. The molecule has 16 heavy (non-hydrogen) atoms. The van der Waals surface area contributed by atoms with Gasteiger partial charge in [0, 0.05) is 0 Å². The number of rotatable bonds is 3. The topological polar surface area (TPSA) is 68.3 Å². The zero-order chi connectivity index (χ0) is 12.1. The number of esters is 1. The SMILES string of the molecule is COC(=O)CNC(=O)c1cc(F)cnc1Cl. The number of aromatic nitrogens is 1. The molecule has 0 aliphatic rings. The molecule has 0 spiro atoms. The second-order valence-electron chi connectivity index (χ2n) is 2.75. The van der Waals surface area contributed by atoms with Crippen molar-refractivity contribution in [2.75, 3.05) is 13.7 Å². The van der Waals surface area contributed by atoms with E-state index in [1.165, 1.54) is 7.11 Å². The number of hydrogen-bond acceptors (Lipinski definition) is 4. The molecule has 5 nitrogen and oxygen atoms in total. The van der Waals surface area contributed by atoms with Crippen LogP contribution >= 0.6 is 11.6 Å². The lowest BCUT2D eigenvalue weighted by Crippen LogP contribution is -2.30. The molecule has 0 aliphatic heterocycles. The molecule has 0 unspecified atom stereocenters. The van der Waals surface area contributed by atoms with Crippen molar-refractivity contribution in [3.8, 4) is 0 Å². The number of hydrogen-bond donors (Lipinski definition) is 1. The van der Waals surface area contributed by atoms with Crippen LogP contribution in [-0.4, -0.2) is 30.5 Å². The summed E-state index contributed by atoms with van der Waals surface area (Å²) in [5.41, 5.74) is -0.134. The zero-order valence-electron chi connectivity index (χ0n) is 8.29. The van der Waals surface area contributed by atoms with Gasteiger partial charge in [0.15, 0.2) is 0 Å². The van der Waals surface area contributed by atoms with E-state index in [9.17, 15) is 14.0 Å². The summed E-state index contributed by atoms with van der Waals surface area (Å²) in [6, 6.07) is 0.932. The standard InChI is InChI=1S/C9H8ClFN2O3/c1-16-7(14)4-13-9(15)6-2-5(11)3-12-8(6)10/h2-3H,4H2,1H3,(H,13,15). The summed E-state index contributed by atoms with van der Waals surface area (Å²) in [4.78, 5) is 25.6. The molecule has 1 N–H and O–H groups in total. The second-order valence-corrected chi connectivity index (χ2v) is 3.11. The molecule has 7 heteroatoms. The maximum absolute atomic E-state index is 12.8. The smallest absolute Gasteiger partial charge is 0.325 e. The molecule has 1 amide bonds. The van der Waals surface area contributed by atoms with Crippen molar-refractivity contribution in [1.82, 2.24) is 10.3 Å². The summed E-state index contributed by atoms with van der Waals surface area (Å²) in [7, 11) is 1.19. The van der Waals surface area contributed by atoms with Crippen molar-refractivity contribution in [2.45, 2.75) is 0 Å². The van der Waals surface area contributed by atoms with Crippen LogP contribution in [0, 0.1) is 5.82 Å². The molecule has 0 saturated carbocycles. The quantitative estimate of drug-likeness (QED) is 0.632. The van der Waals surface area contributed by atoms with Crippen molar-refractivity contribution in [3.63, 3.8) is 0 Å². The third-order valence-electron chi connectivity index (χ3n) is 1.67. The molecule has 86 valence electrons. The maximum atomic E-state index is 12.8. The molecule has 1 rings (SSSR count). The van der Waals surface area contributed by atoms with Crippen LogP contribution in [0.4, 0.5) is 4.39 Å². The minimum Gasteiger partial charge on any atom is -0.468 e. The molecule has 1 aromatic heterocycles. The van der Waals surface area contributed by atoms with E-state index in [1.807, 2.05) is 0 Å². The first-order chi connectivity index (χ1) is 7.54. The molecule has 1 heterocycles. The average Bonchev–Trinajstić information content (AvgIpc) is 2.28. The van der Waals surface area contributed by atoms with E-state index in [0.717, 1.165) is 12.3 Å². The van der Waals surface area contributed by atoms with Gasteiger partial charge in [0.25, 0.3) is 5.91 Å². The first-order valence-electron chi connectivity index (χ1n) is 4.20. The van der Waals surface area contributed by atoms with Crippen LogP contribution in [-0.2, 0) is 9.53 Å². The van der Waals surface area contributed by atoms with Gasteiger partial charge in [-0.2, -0.15) is 0 Å². The molecule has 0 radical (unpaired) electrons. The Bertz CT molecular complexity index is 425. The number of carbonyl (C=O) groups excluding carboxylic acids is 2. The summed E-state index contributed by atoms with van der Waals surface area (Å²) >= 11 is 5.59. The maximum Gasteiger partial charge on any atom is 0.325 e. The Balaban J connectivity index is 2.73. The lowest BCUT2D eigenvalue weighted by Gasteiger charge is -2.04. The van der Waals surface area contributed by atoms with E-state index in [-0.39, 0.29) is 17.3 Å². The van der Waals surface area contributed by atoms with E-state index >= 15 is 0 Å². The molecular weight excluding hydrogens is 239 g/mol. The number of pyridine rings is 1. The molecule has 1 aromatic rings. The summed E-state index contributed by atoms with van der Waals surface area (Å²) in [5.74, 6) is -2.00. The van der Waals surface area contributed by atoms with Gasteiger partial charge in [-0.1, -0.05) is 11.6 Å². The Morgan fingerprint density at radius 3 is 2.94 bits per heavy atom. The van der Waals surface area contributed by atoms with Gasteiger partial charge in [0.1, 0.15) is 17.5 Å². The van der Waals surface area contributed by atoms with Crippen LogP contribution < -0.4 is 5.32 Å². The minimum atomic E-state index is -0.692. The van der Waals surface area contributed by atoms with E-state index in [1.54, 1.807) is 0 Å². The predicted molar refractivity (Wildman–Crippen MR) is 53.6 cm³/mol. The first-order valence-corrected chi connectivity index (χ1v) is 4.58. The summed E-state index contributed by atoms with van der Waals surface area (Å²) in [6.45, 7) is -0.317. The van der Waals surface area contributed by atoms with Gasteiger partial charge >= 0.3 is 5.97 Å². The fraction of sp³-hybridized carbons (Fsp3) is 0.222. The van der Waals surface area contributed by atoms with E-state index < -0.39 is 17.7 Å². The van der Waals surface area contributed by atoms with Gasteiger partial charge < -0.3 is 10.1 Å². The first kappa shape index (κ1) is 12.4. The monoisotopic (exact) mass is 246 g/mol. The lowest BCUT2D eigenvalue weighted by atomic mass is 10.2. The molecular formula is C9H8ClFN2O3. The Hall–Kier alpha value is -1.69. The molecule has 0 atom stereocenters. The second kappa shape index (κ2) is 5.41. The van der Waals surface area contributed by atoms with Gasteiger partial charge in [-0.15, -0.1) is 0 Å². The van der Waals surface area contributed by atoms with E-state index in [2.05, 4.69) is 15.0 Å². The van der Waals surface area contributed by atoms with Gasteiger partial charge in [-0.3, -0.25) is 9.59 Å². The number of halogens is 2. The largest absolute Gasteiger partial charge is 0.468 e. The van der Waals surface area contributed by atoms with E-state index in [4.69, 9.17) is 11.6 Å². The van der Waals surface area contributed by atoms with Crippen LogP contribution in [0.15, 0.2) is 12.3 Å². The number of nitrogens with zero attached hydrogens (tertiary/aromatic N) is 1. The van der Waals surface area contributed by atoms with Crippen LogP contribution in [0.1, 0.15) is 10.4 Å².